The number of thioether (sulfide) groups is 1. The number of anilines is 1. The maximum atomic E-state index is 12.8. The third kappa shape index (κ3) is 5.74. The van der Waals surface area contributed by atoms with Gasteiger partial charge in [-0.25, -0.2) is 5.43 Å². The van der Waals surface area contributed by atoms with Gasteiger partial charge in [-0.1, -0.05) is 59.8 Å². The molecule has 2 aromatic heterocycles. The van der Waals surface area contributed by atoms with E-state index in [1.165, 1.54) is 11.8 Å². The molecule has 8 nitrogen and oxygen atoms in total. The number of amides is 1. The summed E-state index contributed by atoms with van der Waals surface area (Å²) in [5, 5.41) is 18.3. The second kappa shape index (κ2) is 11.5. The van der Waals surface area contributed by atoms with Gasteiger partial charge in [-0.3, -0.25) is 9.36 Å². The van der Waals surface area contributed by atoms with Gasteiger partial charge >= 0.3 is 0 Å². The Morgan fingerprint density at radius 1 is 1.13 bits per heavy atom. The standard InChI is InChI=1S/C28H26ClN7OS/c1-18-14-21(29)12-13-24(18)31-17-26-33-35-28(36(26)22-8-4-3-5-9-22)38-19(2)27(37)34-32-16-20-15-30-25-11-7-6-10-23(20)25/h3-16,19,30-31H,17H2,1-2H3,(H,34,37). The number of hydrazone groups is 1. The molecular weight excluding hydrogens is 518 g/mol. The molecule has 3 N–H and O–H groups in total. The molecule has 0 aliphatic heterocycles. The van der Waals surface area contributed by atoms with Gasteiger partial charge < -0.3 is 10.3 Å². The Bertz CT molecular complexity index is 1600. The van der Waals surface area contributed by atoms with Crippen molar-refractivity contribution >= 4 is 52.1 Å². The van der Waals surface area contributed by atoms with Crippen LogP contribution in [0.15, 0.2) is 89.3 Å². The van der Waals surface area contributed by atoms with Gasteiger partial charge in [0.15, 0.2) is 11.0 Å². The predicted octanol–water partition coefficient (Wildman–Crippen LogP) is 5.95. The number of hydrogen-bond acceptors (Lipinski definition) is 6. The molecule has 0 radical (unpaired) electrons. The van der Waals surface area contributed by atoms with Crippen LogP contribution in [0.2, 0.25) is 5.02 Å². The van der Waals surface area contributed by atoms with Crippen molar-refractivity contribution in [2.45, 2.75) is 30.8 Å². The number of para-hydroxylation sites is 2. The first-order chi connectivity index (χ1) is 18.5. The first-order valence-corrected chi connectivity index (χ1v) is 13.3. The molecule has 1 unspecified atom stereocenters. The Kier molecular flexibility index (Phi) is 7.76. The summed E-state index contributed by atoms with van der Waals surface area (Å²) in [6.07, 6.45) is 3.51. The molecule has 1 atom stereocenters. The minimum absolute atomic E-state index is 0.231. The number of rotatable bonds is 9. The first kappa shape index (κ1) is 25.6. The molecule has 2 heterocycles. The fourth-order valence-electron chi connectivity index (χ4n) is 4.00. The normalized spacial score (nSPS) is 12.2. The molecule has 5 aromatic rings. The number of hydrogen-bond donors (Lipinski definition) is 3. The van der Waals surface area contributed by atoms with E-state index in [-0.39, 0.29) is 5.91 Å². The van der Waals surface area contributed by atoms with E-state index in [4.69, 9.17) is 11.6 Å². The topological polar surface area (TPSA) is 100.0 Å². The molecule has 0 aliphatic carbocycles. The van der Waals surface area contributed by atoms with Gasteiger partial charge in [0.1, 0.15) is 0 Å². The average Bonchev–Trinajstić information content (AvgIpc) is 3.52. The van der Waals surface area contributed by atoms with Gasteiger partial charge in [0.2, 0.25) is 0 Å². The van der Waals surface area contributed by atoms with E-state index in [1.807, 2.05) is 97.4 Å². The second-order valence-electron chi connectivity index (χ2n) is 8.67. The average molecular weight is 544 g/mol. The van der Waals surface area contributed by atoms with Gasteiger partial charge in [0.25, 0.3) is 5.91 Å². The zero-order valence-corrected chi connectivity index (χ0v) is 22.4. The summed E-state index contributed by atoms with van der Waals surface area (Å²) in [6.45, 7) is 4.26. The maximum Gasteiger partial charge on any atom is 0.253 e. The molecule has 38 heavy (non-hydrogen) atoms. The number of aromatic amines is 1. The zero-order chi connectivity index (χ0) is 26.5. The number of aryl methyl sites for hydroxylation is 1. The van der Waals surface area contributed by atoms with Crippen LogP contribution in [0.3, 0.4) is 0 Å². The molecule has 0 saturated carbocycles. The Labute approximate surface area is 229 Å². The SMILES string of the molecule is Cc1cc(Cl)ccc1NCc1nnc(SC(C)C(=O)NN=Cc2c[nH]c3ccccc23)n1-c1ccccc1. The number of fused-ring (bicyclic) bond motifs is 1. The predicted molar refractivity (Wildman–Crippen MR) is 154 cm³/mol. The zero-order valence-electron chi connectivity index (χ0n) is 20.9. The van der Waals surface area contributed by atoms with Crippen molar-refractivity contribution < 1.29 is 4.79 Å². The van der Waals surface area contributed by atoms with Crippen LogP contribution in [0.5, 0.6) is 0 Å². The number of carbonyl (C=O) groups is 1. The summed E-state index contributed by atoms with van der Waals surface area (Å²) < 4.78 is 1.96. The van der Waals surface area contributed by atoms with E-state index < -0.39 is 5.25 Å². The van der Waals surface area contributed by atoms with Crippen molar-refractivity contribution in [2.24, 2.45) is 5.10 Å². The minimum Gasteiger partial charge on any atom is -0.378 e. The minimum atomic E-state index is -0.457. The van der Waals surface area contributed by atoms with Crippen LogP contribution in [0, 0.1) is 6.92 Å². The molecule has 10 heteroatoms. The van der Waals surface area contributed by atoms with E-state index in [1.54, 1.807) is 6.21 Å². The van der Waals surface area contributed by atoms with Crippen LogP contribution < -0.4 is 10.7 Å². The molecule has 3 aromatic carbocycles. The van der Waals surface area contributed by atoms with Crippen molar-refractivity contribution in [1.82, 2.24) is 25.2 Å². The molecule has 0 fully saturated rings. The Balaban J connectivity index is 1.30. The molecule has 0 aliphatic rings. The van der Waals surface area contributed by atoms with E-state index >= 15 is 0 Å². The van der Waals surface area contributed by atoms with E-state index in [0.717, 1.165) is 39.2 Å². The molecule has 5 rings (SSSR count). The lowest BCUT2D eigenvalue weighted by Gasteiger charge is -2.14. The Hall–Kier alpha value is -4.08. The van der Waals surface area contributed by atoms with E-state index in [0.29, 0.717) is 16.7 Å². The lowest BCUT2D eigenvalue weighted by atomic mass is 10.2. The number of halogens is 1. The molecular formula is C28H26ClN7OS. The maximum absolute atomic E-state index is 12.8. The number of carbonyl (C=O) groups excluding carboxylic acids is 1. The van der Waals surface area contributed by atoms with Gasteiger partial charge in [-0.05, 0) is 55.8 Å². The Morgan fingerprint density at radius 3 is 2.74 bits per heavy atom. The van der Waals surface area contributed by atoms with Crippen LogP contribution in [-0.2, 0) is 11.3 Å². The quantitative estimate of drug-likeness (QED) is 0.121. The molecule has 0 saturated heterocycles. The molecule has 0 spiro atoms. The van der Waals surface area contributed by atoms with Crippen molar-refractivity contribution in [3.05, 3.63) is 101 Å². The Morgan fingerprint density at radius 2 is 1.92 bits per heavy atom. The number of aromatic nitrogens is 4. The molecule has 1 amide bonds. The number of nitrogens with zero attached hydrogens (tertiary/aromatic N) is 4. The van der Waals surface area contributed by atoms with Crippen LogP contribution in [-0.4, -0.2) is 37.1 Å². The second-order valence-corrected chi connectivity index (χ2v) is 10.4. The van der Waals surface area contributed by atoms with Gasteiger partial charge in [0.05, 0.1) is 18.0 Å². The summed E-state index contributed by atoms with van der Waals surface area (Å²) >= 11 is 7.42. The summed E-state index contributed by atoms with van der Waals surface area (Å²) in [6, 6.07) is 23.5. The third-order valence-corrected chi connectivity index (χ3v) is 7.27. The van der Waals surface area contributed by atoms with Gasteiger partial charge in [-0.2, -0.15) is 5.10 Å². The lowest BCUT2D eigenvalue weighted by Crippen LogP contribution is -2.27. The fraction of sp³-hybridized carbons (Fsp3) is 0.143. The molecule has 0 bridgehead atoms. The lowest BCUT2D eigenvalue weighted by molar-refractivity contribution is -0.120. The van der Waals surface area contributed by atoms with Gasteiger partial charge in [-0.15, -0.1) is 10.2 Å². The fourth-order valence-corrected chi connectivity index (χ4v) is 5.10. The highest BCUT2D eigenvalue weighted by molar-refractivity contribution is 8.00. The van der Waals surface area contributed by atoms with Crippen molar-refractivity contribution in [1.29, 1.82) is 0 Å². The van der Waals surface area contributed by atoms with Crippen LogP contribution in [0.1, 0.15) is 23.9 Å². The number of nitrogens with one attached hydrogen (secondary N) is 3. The highest BCUT2D eigenvalue weighted by Gasteiger charge is 2.21. The number of benzene rings is 3. The highest BCUT2D eigenvalue weighted by atomic mass is 35.5. The first-order valence-electron chi connectivity index (χ1n) is 12.0. The van der Waals surface area contributed by atoms with E-state index in [2.05, 4.69) is 31.0 Å². The summed E-state index contributed by atoms with van der Waals surface area (Å²) in [5.41, 5.74) is 7.47. The van der Waals surface area contributed by atoms with Crippen molar-refractivity contribution in [3.8, 4) is 5.69 Å². The summed E-state index contributed by atoms with van der Waals surface area (Å²) in [7, 11) is 0. The van der Waals surface area contributed by atoms with Crippen LogP contribution >= 0.6 is 23.4 Å². The van der Waals surface area contributed by atoms with Crippen LogP contribution in [0.4, 0.5) is 5.69 Å². The van der Waals surface area contributed by atoms with Gasteiger partial charge in [0, 0.05) is 39.1 Å². The van der Waals surface area contributed by atoms with Crippen molar-refractivity contribution in [3.63, 3.8) is 0 Å². The van der Waals surface area contributed by atoms with Crippen LogP contribution in [0.25, 0.3) is 16.6 Å². The molecule has 192 valence electrons. The monoisotopic (exact) mass is 543 g/mol. The third-order valence-electron chi connectivity index (χ3n) is 5.99. The largest absolute Gasteiger partial charge is 0.378 e. The van der Waals surface area contributed by atoms with E-state index in [9.17, 15) is 4.79 Å². The smallest absolute Gasteiger partial charge is 0.253 e. The van der Waals surface area contributed by atoms with Crippen molar-refractivity contribution in [2.75, 3.05) is 5.32 Å². The summed E-state index contributed by atoms with van der Waals surface area (Å²) in [4.78, 5) is 16.0. The number of H-pyrrole nitrogens is 1. The summed E-state index contributed by atoms with van der Waals surface area (Å²) in [5.74, 6) is 0.489. The highest BCUT2D eigenvalue weighted by Crippen LogP contribution is 2.27.